The molecule has 0 aromatic heterocycles. The summed E-state index contributed by atoms with van der Waals surface area (Å²) in [7, 11) is 0. The lowest BCUT2D eigenvalue weighted by atomic mass is 9.73. The van der Waals surface area contributed by atoms with E-state index in [9.17, 15) is 0 Å². The fourth-order valence-electron chi connectivity index (χ4n) is 5.12. The quantitative estimate of drug-likeness (QED) is 0.477. The van der Waals surface area contributed by atoms with E-state index in [1.54, 1.807) is 4.48 Å². The van der Waals surface area contributed by atoms with Crippen LogP contribution in [0.5, 0.6) is 0 Å². The number of fused-ring (bicyclic) bond motifs is 1. The van der Waals surface area contributed by atoms with Crippen molar-refractivity contribution in [2.45, 2.75) is 65.0 Å². The summed E-state index contributed by atoms with van der Waals surface area (Å²) >= 11 is 0. The average Bonchev–Trinajstić information content (AvgIpc) is 3.10. The summed E-state index contributed by atoms with van der Waals surface area (Å²) in [6, 6.07) is 0. The molecule has 0 aromatic rings. The Morgan fingerprint density at radius 3 is 1.94 bits per heavy atom. The number of nitrogens with zero attached hydrogens (tertiary/aromatic N) is 1. The van der Waals surface area contributed by atoms with E-state index in [1.165, 1.54) is 32.4 Å². The minimum absolute atomic E-state index is 0.784. The van der Waals surface area contributed by atoms with Crippen molar-refractivity contribution in [3.8, 4) is 0 Å². The zero-order valence-electron chi connectivity index (χ0n) is 11.7. The number of hydrogen-bond donors (Lipinski definition) is 0. The molecule has 3 heterocycles. The molecule has 3 aliphatic rings. The molecule has 1 heteroatoms. The summed E-state index contributed by atoms with van der Waals surface area (Å²) in [4.78, 5) is 0. The van der Waals surface area contributed by atoms with Gasteiger partial charge in [0.1, 0.15) is 13.1 Å². The van der Waals surface area contributed by atoms with Crippen LogP contribution < -0.4 is 0 Å². The smallest absolute Gasteiger partial charge is 0.210 e. The van der Waals surface area contributed by atoms with Gasteiger partial charge >= 0.3 is 0 Å². The highest BCUT2D eigenvalue weighted by Crippen LogP contribution is 2.89. The van der Waals surface area contributed by atoms with E-state index < -0.39 is 0 Å². The largest absolute Gasteiger partial charge is 0.283 e. The van der Waals surface area contributed by atoms with Crippen LogP contribution in [0, 0.1) is 17.8 Å². The predicted molar refractivity (Wildman–Crippen MR) is 68.1 cm³/mol. The molecule has 0 saturated carbocycles. The van der Waals surface area contributed by atoms with Gasteiger partial charge in [0.15, 0.2) is 0 Å². The second-order valence-electron chi connectivity index (χ2n) is 7.28. The summed E-state index contributed by atoms with van der Waals surface area (Å²) in [5.41, 5.74) is 1.59. The summed E-state index contributed by atoms with van der Waals surface area (Å²) < 4.78 is 1.55. The zero-order valence-corrected chi connectivity index (χ0v) is 11.7. The third-order valence-corrected chi connectivity index (χ3v) is 6.70. The van der Waals surface area contributed by atoms with Crippen LogP contribution in [-0.4, -0.2) is 28.7 Å². The fraction of sp³-hybridized carbons (Fsp3) is 1.00. The summed E-state index contributed by atoms with van der Waals surface area (Å²) in [5, 5.41) is 0. The summed E-state index contributed by atoms with van der Waals surface area (Å²) in [5.74, 6) is 2.83. The van der Waals surface area contributed by atoms with E-state index in [0.717, 1.165) is 28.8 Å². The molecule has 0 amide bonds. The molecule has 0 bridgehead atoms. The van der Waals surface area contributed by atoms with Crippen molar-refractivity contribution in [2.75, 3.05) is 13.1 Å². The van der Waals surface area contributed by atoms with Gasteiger partial charge in [-0.1, -0.05) is 40.5 Å². The first kappa shape index (κ1) is 11.1. The molecule has 3 fully saturated rings. The standard InChI is InChI=1S/C15H28N/c1-6-12(7-2)13(11(3)4)8-15-10-16(15)9-14(15,16)5/h11-13H,6-10H2,1-5H3/q+1. The summed E-state index contributed by atoms with van der Waals surface area (Å²) in [6.45, 7) is 15.2. The van der Waals surface area contributed by atoms with Crippen molar-refractivity contribution < 1.29 is 4.48 Å². The maximum atomic E-state index is 2.53. The molecule has 0 aliphatic carbocycles. The first-order valence-electron chi connectivity index (χ1n) is 7.35. The normalized spacial score (nSPS) is 48.9. The number of hydrogen-bond acceptors (Lipinski definition) is 0. The van der Waals surface area contributed by atoms with Gasteiger partial charge in [-0.05, 0) is 17.8 Å². The second kappa shape index (κ2) is 2.85. The Bertz CT molecular complexity index is 309. The molecular weight excluding hydrogens is 194 g/mol. The molecule has 0 radical (unpaired) electrons. The van der Waals surface area contributed by atoms with Crippen LogP contribution in [0.15, 0.2) is 0 Å². The van der Waals surface area contributed by atoms with Crippen molar-refractivity contribution in [1.29, 1.82) is 0 Å². The Kier molecular flexibility index (Phi) is 1.98. The van der Waals surface area contributed by atoms with Crippen LogP contribution in [0.3, 0.4) is 0 Å². The monoisotopic (exact) mass is 222 g/mol. The lowest BCUT2D eigenvalue weighted by Gasteiger charge is -2.29. The lowest BCUT2D eigenvalue weighted by Crippen LogP contribution is -2.30. The Balaban J connectivity index is 1.67. The summed E-state index contributed by atoms with van der Waals surface area (Å²) in [6.07, 6.45) is 4.30. The van der Waals surface area contributed by atoms with E-state index >= 15 is 0 Å². The minimum atomic E-state index is 0.784. The van der Waals surface area contributed by atoms with Gasteiger partial charge in [0.2, 0.25) is 11.1 Å². The van der Waals surface area contributed by atoms with Gasteiger partial charge in [0.05, 0.1) is 0 Å². The molecule has 4 atom stereocenters. The lowest BCUT2D eigenvalue weighted by molar-refractivity contribution is -0.603. The van der Waals surface area contributed by atoms with Gasteiger partial charge in [0.25, 0.3) is 0 Å². The SMILES string of the molecule is CCC(CC)C(CC12C[N+]13CC23C)C(C)C. The molecule has 3 rings (SSSR count). The first-order valence-corrected chi connectivity index (χ1v) is 7.35. The maximum Gasteiger partial charge on any atom is 0.210 e. The maximum absolute atomic E-state index is 2.53. The van der Waals surface area contributed by atoms with E-state index in [2.05, 4.69) is 34.6 Å². The molecule has 0 aromatic carbocycles. The van der Waals surface area contributed by atoms with Crippen molar-refractivity contribution in [1.82, 2.24) is 0 Å². The van der Waals surface area contributed by atoms with E-state index in [1.807, 2.05) is 0 Å². The molecule has 3 saturated heterocycles. The highest BCUT2D eigenvalue weighted by atomic mass is 15.9. The van der Waals surface area contributed by atoms with E-state index in [0.29, 0.717) is 0 Å². The third-order valence-electron chi connectivity index (χ3n) is 6.70. The minimum Gasteiger partial charge on any atom is -0.283 e. The molecule has 0 N–H and O–H groups in total. The molecular formula is C15H28N+. The number of quaternary nitrogens is 1. The van der Waals surface area contributed by atoms with Gasteiger partial charge in [0, 0.05) is 13.3 Å². The highest BCUT2D eigenvalue weighted by Gasteiger charge is 3.16. The van der Waals surface area contributed by atoms with Crippen LogP contribution >= 0.6 is 0 Å². The van der Waals surface area contributed by atoms with Crippen LogP contribution in [0.25, 0.3) is 0 Å². The van der Waals surface area contributed by atoms with E-state index in [4.69, 9.17) is 0 Å². The zero-order chi connectivity index (χ0) is 11.8. The van der Waals surface area contributed by atoms with Crippen LogP contribution in [0.4, 0.5) is 0 Å². The third kappa shape index (κ3) is 0.939. The molecule has 3 aliphatic heterocycles. The van der Waals surface area contributed by atoms with E-state index in [-0.39, 0.29) is 0 Å². The van der Waals surface area contributed by atoms with Crippen molar-refractivity contribution in [3.63, 3.8) is 0 Å². The van der Waals surface area contributed by atoms with Crippen LogP contribution in [-0.2, 0) is 0 Å². The van der Waals surface area contributed by atoms with Crippen LogP contribution in [0.1, 0.15) is 53.9 Å². The Morgan fingerprint density at radius 1 is 1.12 bits per heavy atom. The number of rotatable bonds is 6. The Morgan fingerprint density at radius 2 is 1.69 bits per heavy atom. The highest BCUT2D eigenvalue weighted by molar-refractivity contribution is 5.38. The second-order valence-corrected chi connectivity index (χ2v) is 7.28. The van der Waals surface area contributed by atoms with Gasteiger partial charge in [-0.15, -0.1) is 0 Å². The molecule has 92 valence electrons. The molecule has 4 unspecified atom stereocenters. The van der Waals surface area contributed by atoms with Gasteiger partial charge < -0.3 is 0 Å². The van der Waals surface area contributed by atoms with Crippen LogP contribution in [0.2, 0.25) is 0 Å². The first-order chi connectivity index (χ1) is 7.48. The Hall–Kier alpha value is -0.0400. The fourth-order valence-corrected chi connectivity index (χ4v) is 5.12. The topological polar surface area (TPSA) is 0 Å². The van der Waals surface area contributed by atoms with Gasteiger partial charge in [-0.3, -0.25) is 4.48 Å². The average molecular weight is 222 g/mol. The van der Waals surface area contributed by atoms with Crippen molar-refractivity contribution in [2.24, 2.45) is 17.8 Å². The molecule has 1 spiro atoms. The van der Waals surface area contributed by atoms with Gasteiger partial charge in [-0.2, -0.15) is 0 Å². The van der Waals surface area contributed by atoms with Gasteiger partial charge in [-0.25, -0.2) is 0 Å². The molecule has 16 heavy (non-hydrogen) atoms. The molecule has 1 nitrogen and oxygen atoms in total. The van der Waals surface area contributed by atoms with Crippen molar-refractivity contribution in [3.05, 3.63) is 0 Å². The van der Waals surface area contributed by atoms with Crippen molar-refractivity contribution >= 4 is 0 Å². The predicted octanol–water partition coefficient (Wildman–Crippen LogP) is 3.44. The Labute approximate surface area is 101 Å².